The maximum absolute atomic E-state index is 13.6. The molecule has 5 N–H and O–H groups in total. The standard InChI is InChI=1S/C28H23N7O9S2/c1-34-28(31-32-33-34)46-11-13-10-45-26-20(25(41)35(26)21(13)27(42)43)30-24(40)19(12-2-4-14(36)5-3-12)29-23(39)17-9-44-18-8-15(37)6-7-16(18)22(17)38/h2-9,19-20,26,36-37H,10-11H2,1H3,(H,29,39)(H,30,40)(H,42,43)/t19?,20-,26+/m1/s1. The molecule has 46 heavy (non-hydrogen) atoms. The molecule has 16 nitrogen and oxygen atoms in total. The summed E-state index contributed by atoms with van der Waals surface area (Å²) in [4.78, 5) is 66.6. The number of carbonyl (C=O) groups is 4. The van der Waals surface area contributed by atoms with Gasteiger partial charge in [0.05, 0.1) is 5.39 Å². The number of phenols is 2. The number of aryl methyl sites for hydroxylation is 1. The molecule has 236 valence electrons. The Morgan fingerprint density at radius 3 is 2.57 bits per heavy atom. The fourth-order valence-corrected chi connectivity index (χ4v) is 7.31. The number of aliphatic carboxylic acids is 1. The van der Waals surface area contributed by atoms with Crippen molar-refractivity contribution >= 4 is 58.2 Å². The number of aromatic nitrogens is 4. The molecule has 1 saturated heterocycles. The Morgan fingerprint density at radius 2 is 1.87 bits per heavy atom. The maximum atomic E-state index is 13.6. The summed E-state index contributed by atoms with van der Waals surface area (Å²) >= 11 is 2.48. The van der Waals surface area contributed by atoms with Crippen molar-refractivity contribution in [1.82, 2.24) is 35.7 Å². The van der Waals surface area contributed by atoms with Crippen LogP contribution in [-0.4, -0.2) is 87.0 Å². The van der Waals surface area contributed by atoms with E-state index in [4.69, 9.17) is 4.42 Å². The zero-order valence-electron chi connectivity index (χ0n) is 23.6. The number of β-lactam (4-membered cyclic amide) rings is 1. The number of benzene rings is 2. The molecule has 2 aliphatic rings. The summed E-state index contributed by atoms with van der Waals surface area (Å²) in [7, 11) is 1.64. The SMILES string of the molecule is Cn1nnnc1SCC1=C(C(=O)O)N2C(=O)[C@@H](NC(=O)C(NC(=O)c3coc4cc(O)ccc4c3=O)c3ccc(O)cc3)[C@@H]2SC1. The molecule has 3 atom stereocenters. The van der Waals surface area contributed by atoms with Gasteiger partial charge in [0.15, 0.2) is 0 Å². The van der Waals surface area contributed by atoms with Crippen LogP contribution in [0.15, 0.2) is 74.4 Å². The van der Waals surface area contributed by atoms with Gasteiger partial charge >= 0.3 is 5.97 Å². The first-order valence-corrected chi connectivity index (χ1v) is 15.5. The third kappa shape index (κ3) is 5.63. The number of fused-ring (bicyclic) bond motifs is 2. The van der Waals surface area contributed by atoms with Crippen molar-refractivity contribution in [1.29, 1.82) is 0 Å². The highest BCUT2D eigenvalue weighted by Gasteiger charge is 2.54. The number of nitrogens with zero attached hydrogens (tertiary/aromatic N) is 5. The van der Waals surface area contributed by atoms with E-state index < -0.39 is 52.1 Å². The van der Waals surface area contributed by atoms with Crippen LogP contribution in [0.2, 0.25) is 0 Å². The lowest BCUT2D eigenvalue weighted by Crippen LogP contribution is -2.71. The Bertz CT molecular complexity index is 1990. The number of hydrogen-bond donors (Lipinski definition) is 5. The van der Waals surface area contributed by atoms with Crippen molar-refractivity contribution in [3.63, 3.8) is 0 Å². The smallest absolute Gasteiger partial charge is 0.352 e. The molecule has 1 unspecified atom stereocenters. The van der Waals surface area contributed by atoms with E-state index in [0.29, 0.717) is 10.7 Å². The van der Waals surface area contributed by atoms with Gasteiger partial charge in [-0.25, -0.2) is 9.48 Å². The molecule has 3 amide bonds. The third-order valence-corrected chi connectivity index (χ3v) is 9.71. The van der Waals surface area contributed by atoms with Crippen molar-refractivity contribution in [2.24, 2.45) is 7.05 Å². The number of hydrogen-bond acceptors (Lipinski definition) is 13. The third-order valence-electron chi connectivity index (χ3n) is 7.27. The number of phenolic OH excluding ortho intramolecular Hbond substituents is 2. The number of rotatable bonds is 9. The largest absolute Gasteiger partial charge is 0.508 e. The molecule has 1 fully saturated rings. The highest BCUT2D eigenvalue weighted by atomic mass is 32.2. The van der Waals surface area contributed by atoms with Crippen molar-refractivity contribution in [2.75, 3.05) is 11.5 Å². The minimum Gasteiger partial charge on any atom is -0.508 e. The summed E-state index contributed by atoms with van der Waals surface area (Å²) in [6.07, 6.45) is 0.910. The van der Waals surface area contributed by atoms with Gasteiger partial charge in [0.25, 0.3) is 11.8 Å². The monoisotopic (exact) mass is 665 g/mol. The van der Waals surface area contributed by atoms with Crippen LogP contribution in [0.25, 0.3) is 11.0 Å². The van der Waals surface area contributed by atoms with E-state index in [1.165, 1.54) is 70.7 Å². The second kappa shape index (κ2) is 12.2. The lowest BCUT2D eigenvalue weighted by molar-refractivity contribution is -0.151. The van der Waals surface area contributed by atoms with E-state index in [-0.39, 0.29) is 45.2 Å². The van der Waals surface area contributed by atoms with E-state index in [1.54, 1.807) is 7.05 Å². The summed E-state index contributed by atoms with van der Waals surface area (Å²) in [5.41, 5.74) is -0.538. The number of aromatic hydroxyl groups is 2. The summed E-state index contributed by atoms with van der Waals surface area (Å²) < 4.78 is 6.80. The summed E-state index contributed by atoms with van der Waals surface area (Å²) in [6.45, 7) is 0. The molecule has 0 aliphatic carbocycles. The van der Waals surface area contributed by atoms with E-state index >= 15 is 0 Å². The van der Waals surface area contributed by atoms with Crippen LogP contribution in [0, 0.1) is 0 Å². The molecule has 4 heterocycles. The average Bonchev–Trinajstić information content (AvgIpc) is 3.45. The van der Waals surface area contributed by atoms with Crippen LogP contribution in [-0.2, 0) is 21.4 Å². The van der Waals surface area contributed by atoms with Crippen molar-refractivity contribution < 1.29 is 38.9 Å². The van der Waals surface area contributed by atoms with Crippen molar-refractivity contribution in [3.05, 3.63) is 81.3 Å². The first kappa shape index (κ1) is 30.7. The zero-order valence-corrected chi connectivity index (χ0v) is 25.2. The second-order valence-electron chi connectivity index (χ2n) is 10.2. The van der Waals surface area contributed by atoms with Gasteiger partial charge in [-0.2, -0.15) is 0 Å². The van der Waals surface area contributed by atoms with Crippen molar-refractivity contribution in [3.8, 4) is 11.5 Å². The molecule has 0 bridgehead atoms. The van der Waals surface area contributed by atoms with Gasteiger partial charge in [0.1, 0.15) is 52.1 Å². The Balaban J connectivity index is 1.22. The maximum Gasteiger partial charge on any atom is 0.352 e. The zero-order chi connectivity index (χ0) is 32.7. The fourth-order valence-electron chi connectivity index (χ4n) is 4.98. The normalized spacial score (nSPS) is 18.1. The minimum absolute atomic E-state index is 0.0267. The molecule has 2 aromatic heterocycles. The molecular formula is C28H23N7O9S2. The average molecular weight is 666 g/mol. The molecule has 0 spiro atoms. The van der Waals surface area contributed by atoms with Gasteiger partial charge in [0, 0.05) is 24.6 Å². The van der Waals surface area contributed by atoms with Gasteiger partial charge < -0.3 is 30.4 Å². The van der Waals surface area contributed by atoms with E-state index in [1.807, 2.05) is 0 Å². The van der Waals surface area contributed by atoms with E-state index in [0.717, 1.165) is 11.2 Å². The van der Waals surface area contributed by atoms with Gasteiger partial charge in [0.2, 0.25) is 16.5 Å². The Morgan fingerprint density at radius 1 is 1.13 bits per heavy atom. The number of tetrazole rings is 1. The van der Waals surface area contributed by atoms with Crippen molar-refractivity contribution in [2.45, 2.75) is 22.6 Å². The molecule has 4 aromatic rings. The lowest BCUT2D eigenvalue weighted by atomic mass is 10.0. The van der Waals surface area contributed by atoms with Gasteiger partial charge in [-0.1, -0.05) is 23.9 Å². The highest BCUT2D eigenvalue weighted by Crippen LogP contribution is 2.41. The van der Waals surface area contributed by atoms with Crippen LogP contribution < -0.4 is 16.1 Å². The Hall–Kier alpha value is -5.36. The van der Waals surface area contributed by atoms with Crippen LogP contribution in [0.1, 0.15) is 22.0 Å². The first-order chi connectivity index (χ1) is 22.0. The molecule has 0 saturated carbocycles. The number of carbonyl (C=O) groups excluding carboxylic acids is 3. The molecule has 18 heteroatoms. The van der Waals surface area contributed by atoms with Gasteiger partial charge in [-0.05, 0) is 45.8 Å². The highest BCUT2D eigenvalue weighted by molar-refractivity contribution is 8.01. The summed E-state index contributed by atoms with van der Waals surface area (Å²) in [6, 6.07) is 6.60. The second-order valence-corrected chi connectivity index (χ2v) is 12.2. The number of carboxylic acids is 1. The summed E-state index contributed by atoms with van der Waals surface area (Å²) in [5, 5.41) is 45.5. The molecule has 6 rings (SSSR count). The number of amides is 3. The molecule has 2 aromatic carbocycles. The van der Waals surface area contributed by atoms with Crippen LogP contribution >= 0.6 is 23.5 Å². The molecule has 2 aliphatic heterocycles. The Kier molecular flexibility index (Phi) is 8.13. The van der Waals surface area contributed by atoms with E-state index in [2.05, 4.69) is 26.2 Å². The van der Waals surface area contributed by atoms with Gasteiger partial charge in [-0.15, -0.1) is 16.9 Å². The number of thioether (sulfide) groups is 2. The minimum atomic E-state index is -1.43. The predicted molar refractivity (Wildman–Crippen MR) is 162 cm³/mol. The number of nitrogens with one attached hydrogen (secondary N) is 2. The summed E-state index contributed by atoms with van der Waals surface area (Å²) in [5.74, 6) is -3.49. The lowest BCUT2D eigenvalue weighted by Gasteiger charge is -2.49. The Labute approximate surface area is 266 Å². The predicted octanol–water partition coefficient (Wildman–Crippen LogP) is 0.730. The first-order valence-electron chi connectivity index (χ1n) is 13.4. The van der Waals surface area contributed by atoms with Gasteiger partial charge in [-0.3, -0.25) is 24.1 Å². The van der Waals surface area contributed by atoms with Crippen LogP contribution in [0.3, 0.4) is 0 Å². The van der Waals surface area contributed by atoms with Crippen LogP contribution in [0.5, 0.6) is 11.5 Å². The number of carboxylic acid groups (broad SMARTS) is 1. The quantitative estimate of drug-likeness (QED) is 0.123. The van der Waals surface area contributed by atoms with E-state index in [9.17, 15) is 39.3 Å². The molecule has 0 radical (unpaired) electrons. The molecular weight excluding hydrogens is 642 g/mol. The topological polar surface area (TPSA) is 230 Å². The fraction of sp³-hybridized carbons (Fsp3) is 0.214. The van der Waals surface area contributed by atoms with Crippen LogP contribution in [0.4, 0.5) is 0 Å².